The largest absolute Gasteiger partial charge is 0.484 e. The van der Waals surface area contributed by atoms with Gasteiger partial charge in [-0.15, -0.1) is 0 Å². The van der Waals surface area contributed by atoms with E-state index in [4.69, 9.17) is 18.9 Å². The molecule has 0 bridgehead atoms. The molecule has 1 saturated heterocycles. The Morgan fingerprint density at radius 2 is 1.91 bits per heavy atom. The van der Waals surface area contributed by atoms with Crippen molar-refractivity contribution in [2.75, 3.05) is 6.61 Å². The number of hydrogen-bond acceptors (Lipinski definition) is 4. The average molecular weight is 302 g/mol. The molecular formula is C18H22O4. The van der Waals surface area contributed by atoms with Crippen molar-refractivity contribution in [3.05, 3.63) is 27.8 Å². The highest BCUT2D eigenvalue weighted by Gasteiger charge is 2.51. The van der Waals surface area contributed by atoms with Crippen LogP contribution in [0.3, 0.4) is 0 Å². The molecular weight excluding hydrogens is 280 g/mol. The maximum atomic E-state index is 6.35. The second-order valence-electron chi connectivity index (χ2n) is 7.34. The van der Waals surface area contributed by atoms with Gasteiger partial charge in [0.2, 0.25) is 0 Å². The first-order valence-electron chi connectivity index (χ1n) is 8.32. The maximum Gasteiger partial charge on any atom is 0.163 e. The van der Waals surface area contributed by atoms with Crippen LogP contribution in [0.5, 0.6) is 5.75 Å². The molecule has 0 unspecified atom stereocenters. The molecule has 0 aromatic heterocycles. The van der Waals surface area contributed by atoms with Crippen molar-refractivity contribution in [3.8, 4) is 5.75 Å². The molecule has 1 fully saturated rings. The lowest BCUT2D eigenvalue weighted by molar-refractivity contribution is -0.321. The zero-order valence-corrected chi connectivity index (χ0v) is 13.4. The van der Waals surface area contributed by atoms with E-state index in [0.29, 0.717) is 13.2 Å². The molecule has 0 amide bonds. The lowest BCUT2D eigenvalue weighted by Crippen LogP contribution is -2.55. The summed E-state index contributed by atoms with van der Waals surface area (Å²) in [5.41, 5.74) is 6.97. The summed E-state index contributed by atoms with van der Waals surface area (Å²) in [6, 6.07) is 0. The molecule has 0 radical (unpaired) electrons. The smallest absolute Gasteiger partial charge is 0.163 e. The van der Waals surface area contributed by atoms with Gasteiger partial charge < -0.3 is 18.9 Å². The van der Waals surface area contributed by atoms with Gasteiger partial charge in [-0.2, -0.15) is 0 Å². The molecule has 3 heterocycles. The van der Waals surface area contributed by atoms with Crippen LogP contribution in [-0.4, -0.2) is 24.6 Å². The highest BCUT2D eigenvalue weighted by atomic mass is 16.7. The van der Waals surface area contributed by atoms with Gasteiger partial charge >= 0.3 is 0 Å². The topological polar surface area (TPSA) is 36.9 Å². The summed E-state index contributed by atoms with van der Waals surface area (Å²) in [4.78, 5) is 0. The van der Waals surface area contributed by atoms with Gasteiger partial charge in [0.25, 0.3) is 0 Å². The molecule has 4 aliphatic rings. The van der Waals surface area contributed by atoms with Crippen LogP contribution in [-0.2, 0) is 33.7 Å². The van der Waals surface area contributed by atoms with E-state index in [1.807, 2.05) is 13.8 Å². The second kappa shape index (κ2) is 4.25. The third kappa shape index (κ3) is 1.63. The number of rotatable bonds is 0. The van der Waals surface area contributed by atoms with E-state index < -0.39 is 5.79 Å². The van der Waals surface area contributed by atoms with Gasteiger partial charge in [-0.1, -0.05) is 0 Å². The predicted octanol–water partition coefficient (Wildman–Crippen LogP) is 2.97. The van der Waals surface area contributed by atoms with E-state index in [1.165, 1.54) is 47.1 Å². The van der Waals surface area contributed by atoms with Crippen molar-refractivity contribution in [3.63, 3.8) is 0 Å². The van der Waals surface area contributed by atoms with Crippen LogP contribution in [0, 0.1) is 6.92 Å². The third-order valence-electron chi connectivity index (χ3n) is 5.59. The zero-order chi connectivity index (χ0) is 15.1. The molecule has 22 heavy (non-hydrogen) atoms. The van der Waals surface area contributed by atoms with Gasteiger partial charge in [0.05, 0.1) is 13.2 Å². The van der Waals surface area contributed by atoms with E-state index in [2.05, 4.69) is 6.92 Å². The summed E-state index contributed by atoms with van der Waals surface area (Å²) >= 11 is 0. The first kappa shape index (κ1) is 13.3. The average Bonchev–Trinajstić information content (AvgIpc) is 3.11. The Morgan fingerprint density at radius 1 is 1.09 bits per heavy atom. The quantitative estimate of drug-likeness (QED) is 0.738. The lowest BCUT2D eigenvalue weighted by Gasteiger charge is -2.46. The van der Waals surface area contributed by atoms with E-state index >= 15 is 0 Å². The summed E-state index contributed by atoms with van der Waals surface area (Å²) in [6.45, 7) is 7.38. The van der Waals surface area contributed by atoms with Gasteiger partial charge in [0.1, 0.15) is 18.0 Å². The molecule has 4 nitrogen and oxygen atoms in total. The molecule has 0 N–H and O–H groups in total. The SMILES string of the molecule is Cc1c2c(c3c4c1O[C@@H]1COC(C)(C)O[C@H]1[C@@H]4OC3)CCC2. The molecule has 1 aromatic rings. The highest BCUT2D eigenvalue weighted by molar-refractivity contribution is 5.60. The molecule has 118 valence electrons. The van der Waals surface area contributed by atoms with Crippen molar-refractivity contribution in [2.24, 2.45) is 0 Å². The Hall–Kier alpha value is -1.10. The summed E-state index contributed by atoms with van der Waals surface area (Å²) in [5.74, 6) is 0.478. The molecule has 3 atom stereocenters. The summed E-state index contributed by atoms with van der Waals surface area (Å²) in [5, 5.41) is 0. The number of ether oxygens (including phenoxy) is 4. The van der Waals surface area contributed by atoms with E-state index in [-0.39, 0.29) is 18.3 Å². The molecule has 0 spiro atoms. The first-order chi connectivity index (χ1) is 10.6. The van der Waals surface area contributed by atoms with Crippen molar-refractivity contribution in [1.82, 2.24) is 0 Å². The van der Waals surface area contributed by atoms with E-state index in [0.717, 1.165) is 5.75 Å². The second-order valence-corrected chi connectivity index (χ2v) is 7.34. The summed E-state index contributed by atoms with van der Waals surface area (Å²) in [7, 11) is 0. The maximum absolute atomic E-state index is 6.35. The van der Waals surface area contributed by atoms with Crippen molar-refractivity contribution >= 4 is 0 Å². The monoisotopic (exact) mass is 302 g/mol. The standard InChI is InChI=1S/C18H22O4/c1-9-10-5-4-6-11(10)12-7-19-17-14(12)15(9)21-13-8-20-18(2,3)22-16(13)17/h13,16-17H,4-8H2,1-3H3/t13-,16-,17-/m1/s1. The number of benzene rings is 1. The zero-order valence-electron chi connectivity index (χ0n) is 13.4. The Kier molecular flexibility index (Phi) is 2.58. The van der Waals surface area contributed by atoms with E-state index in [1.54, 1.807) is 0 Å². The lowest BCUT2D eigenvalue weighted by atomic mass is 9.87. The Balaban J connectivity index is 1.67. The van der Waals surface area contributed by atoms with Crippen LogP contribution in [0.25, 0.3) is 0 Å². The Labute approximate surface area is 130 Å². The minimum Gasteiger partial charge on any atom is -0.484 e. The van der Waals surface area contributed by atoms with Crippen LogP contribution < -0.4 is 4.74 Å². The number of hydrogen-bond donors (Lipinski definition) is 0. The van der Waals surface area contributed by atoms with Crippen LogP contribution >= 0.6 is 0 Å². The summed E-state index contributed by atoms with van der Waals surface area (Å²) in [6.07, 6.45) is 3.45. The van der Waals surface area contributed by atoms with Crippen LogP contribution in [0.15, 0.2) is 0 Å². The van der Waals surface area contributed by atoms with Gasteiger partial charge in [0.15, 0.2) is 11.9 Å². The fourth-order valence-corrected chi connectivity index (χ4v) is 4.59. The van der Waals surface area contributed by atoms with E-state index in [9.17, 15) is 0 Å². The third-order valence-corrected chi connectivity index (χ3v) is 5.59. The molecule has 0 saturated carbocycles. The minimum atomic E-state index is -0.570. The molecule has 1 aliphatic carbocycles. The van der Waals surface area contributed by atoms with Crippen molar-refractivity contribution in [1.29, 1.82) is 0 Å². The van der Waals surface area contributed by atoms with Gasteiger partial charge in [0, 0.05) is 5.56 Å². The fraction of sp³-hybridized carbons (Fsp3) is 0.667. The molecule has 4 heteroatoms. The first-order valence-corrected chi connectivity index (χ1v) is 8.32. The van der Waals surface area contributed by atoms with Gasteiger partial charge in [-0.25, -0.2) is 0 Å². The molecule has 3 aliphatic heterocycles. The van der Waals surface area contributed by atoms with Crippen molar-refractivity contribution in [2.45, 2.75) is 70.7 Å². The number of fused-ring (bicyclic) bond motifs is 4. The van der Waals surface area contributed by atoms with Crippen LogP contribution in [0.4, 0.5) is 0 Å². The van der Waals surface area contributed by atoms with Crippen molar-refractivity contribution < 1.29 is 18.9 Å². The molecule has 5 rings (SSSR count). The highest BCUT2D eigenvalue weighted by Crippen LogP contribution is 2.52. The normalized spacial score (nSPS) is 33.9. The Bertz CT molecular complexity index is 664. The summed E-state index contributed by atoms with van der Waals surface area (Å²) < 4.78 is 24.5. The fourth-order valence-electron chi connectivity index (χ4n) is 4.59. The molecule has 1 aromatic carbocycles. The van der Waals surface area contributed by atoms with Crippen LogP contribution in [0.2, 0.25) is 0 Å². The minimum absolute atomic E-state index is 0.00322. The predicted molar refractivity (Wildman–Crippen MR) is 80.1 cm³/mol. The Morgan fingerprint density at radius 3 is 2.77 bits per heavy atom. The van der Waals surface area contributed by atoms with Gasteiger partial charge in [-0.3, -0.25) is 0 Å². The van der Waals surface area contributed by atoms with Crippen LogP contribution in [0.1, 0.15) is 54.2 Å². The van der Waals surface area contributed by atoms with Gasteiger partial charge in [-0.05, 0) is 62.3 Å².